The van der Waals surface area contributed by atoms with Crippen LogP contribution in [0.15, 0.2) is 40.0 Å². The molecule has 1 aromatic carbocycles. The van der Waals surface area contributed by atoms with Crippen LogP contribution in [0.1, 0.15) is 6.42 Å². The third-order valence-electron chi connectivity index (χ3n) is 2.51. The van der Waals surface area contributed by atoms with E-state index in [1.807, 2.05) is 0 Å². The van der Waals surface area contributed by atoms with Crippen molar-refractivity contribution in [2.45, 2.75) is 17.9 Å². The Morgan fingerprint density at radius 1 is 1.40 bits per heavy atom. The summed E-state index contributed by atoms with van der Waals surface area (Å²) in [6.45, 7) is 0.725. The van der Waals surface area contributed by atoms with Crippen LogP contribution in [-0.4, -0.2) is 30.0 Å². The molecule has 6 nitrogen and oxygen atoms in total. The molecule has 0 saturated heterocycles. The number of rotatable bonds is 6. The number of sulfonamides is 1. The first-order chi connectivity index (χ1) is 9.49. The first kappa shape index (κ1) is 15.1. The first-order valence-corrected chi connectivity index (χ1v) is 8.05. The summed E-state index contributed by atoms with van der Waals surface area (Å²) in [5.74, 6) is -0.789. The predicted octanol–water partition coefficient (Wildman–Crippen LogP) is 1.55. The Morgan fingerprint density at radius 2 is 2.20 bits per heavy atom. The van der Waals surface area contributed by atoms with Crippen LogP contribution in [0, 0.1) is 5.82 Å². The molecular formula is C11H12BrFN4O2S. The Hall–Kier alpha value is -1.32. The lowest BCUT2D eigenvalue weighted by Crippen LogP contribution is -2.26. The summed E-state index contributed by atoms with van der Waals surface area (Å²) in [5.41, 5.74) is 0. The van der Waals surface area contributed by atoms with E-state index < -0.39 is 15.8 Å². The van der Waals surface area contributed by atoms with Crippen LogP contribution < -0.4 is 4.72 Å². The summed E-state index contributed by atoms with van der Waals surface area (Å²) < 4.78 is 41.9. The molecule has 0 radical (unpaired) electrons. The maximum Gasteiger partial charge on any atom is 0.243 e. The van der Waals surface area contributed by atoms with Crippen LogP contribution in [0.25, 0.3) is 0 Å². The molecule has 0 amide bonds. The molecule has 2 rings (SSSR count). The SMILES string of the molecule is O=S(=O)(NCCCn1ccnn1)c1ccc(Br)cc1F. The molecule has 0 fully saturated rings. The summed E-state index contributed by atoms with van der Waals surface area (Å²) in [7, 11) is -3.84. The van der Waals surface area contributed by atoms with E-state index in [-0.39, 0.29) is 11.4 Å². The molecule has 0 aliphatic rings. The third-order valence-corrected chi connectivity index (χ3v) is 4.50. The molecule has 0 aliphatic heterocycles. The van der Waals surface area contributed by atoms with Gasteiger partial charge in [-0.1, -0.05) is 21.1 Å². The van der Waals surface area contributed by atoms with Crippen molar-refractivity contribution >= 4 is 26.0 Å². The zero-order valence-electron chi connectivity index (χ0n) is 10.3. The van der Waals surface area contributed by atoms with E-state index in [0.717, 1.165) is 6.07 Å². The van der Waals surface area contributed by atoms with Gasteiger partial charge in [0.15, 0.2) is 0 Å². The van der Waals surface area contributed by atoms with Crippen LogP contribution in [-0.2, 0) is 16.6 Å². The van der Waals surface area contributed by atoms with Crippen molar-refractivity contribution in [1.29, 1.82) is 0 Å². The van der Waals surface area contributed by atoms with Gasteiger partial charge < -0.3 is 0 Å². The normalized spacial score (nSPS) is 11.7. The Balaban J connectivity index is 1.93. The highest BCUT2D eigenvalue weighted by atomic mass is 79.9. The Labute approximate surface area is 124 Å². The minimum atomic E-state index is -3.84. The summed E-state index contributed by atoms with van der Waals surface area (Å²) in [6, 6.07) is 3.82. The van der Waals surface area contributed by atoms with E-state index in [4.69, 9.17) is 0 Å². The summed E-state index contributed by atoms with van der Waals surface area (Å²) in [5, 5.41) is 7.39. The van der Waals surface area contributed by atoms with Crippen molar-refractivity contribution in [2.75, 3.05) is 6.54 Å². The fourth-order valence-corrected chi connectivity index (χ4v) is 3.04. The molecule has 0 bridgehead atoms. The summed E-state index contributed by atoms with van der Waals surface area (Å²) >= 11 is 3.08. The van der Waals surface area contributed by atoms with E-state index in [9.17, 15) is 12.8 Å². The van der Waals surface area contributed by atoms with Crippen molar-refractivity contribution in [2.24, 2.45) is 0 Å². The van der Waals surface area contributed by atoms with E-state index in [2.05, 4.69) is 31.0 Å². The lowest BCUT2D eigenvalue weighted by Gasteiger charge is -2.07. The quantitative estimate of drug-likeness (QED) is 0.790. The molecule has 1 heterocycles. The van der Waals surface area contributed by atoms with Crippen LogP contribution in [0.5, 0.6) is 0 Å². The smallest absolute Gasteiger partial charge is 0.243 e. The first-order valence-electron chi connectivity index (χ1n) is 5.78. The lowest BCUT2D eigenvalue weighted by atomic mass is 10.3. The highest BCUT2D eigenvalue weighted by Gasteiger charge is 2.18. The zero-order valence-corrected chi connectivity index (χ0v) is 12.7. The van der Waals surface area contributed by atoms with Crippen LogP contribution in [0.4, 0.5) is 4.39 Å². The van der Waals surface area contributed by atoms with Crippen molar-refractivity contribution in [1.82, 2.24) is 19.7 Å². The summed E-state index contributed by atoms with van der Waals surface area (Å²) in [6.07, 6.45) is 3.75. The van der Waals surface area contributed by atoms with Gasteiger partial charge in [-0.15, -0.1) is 5.10 Å². The topological polar surface area (TPSA) is 76.9 Å². The van der Waals surface area contributed by atoms with Gasteiger partial charge in [0.2, 0.25) is 10.0 Å². The average Bonchev–Trinajstić information content (AvgIpc) is 2.87. The van der Waals surface area contributed by atoms with Gasteiger partial charge in [-0.05, 0) is 24.6 Å². The maximum atomic E-state index is 13.6. The Morgan fingerprint density at radius 3 is 2.85 bits per heavy atom. The van der Waals surface area contributed by atoms with Gasteiger partial charge in [0.25, 0.3) is 0 Å². The molecule has 0 saturated carbocycles. The Bertz CT molecular complexity index is 676. The highest BCUT2D eigenvalue weighted by molar-refractivity contribution is 9.10. The third kappa shape index (κ3) is 3.84. The second-order valence-electron chi connectivity index (χ2n) is 3.99. The largest absolute Gasteiger partial charge is 0.253 e. The van der Waals surface area contributed by atoms with Gasteiger partial charge in [-0.25, -0.2) is 17.5 Å². The van der Waals surface area contributed by atoms with E-state index in [1.54, 1.807) is 17.1 Å². The number of aryl methyl sites for hydroxylation is 1. The van der Waals surface area contributed by atoms with Gasteiger partial charge in [0.05, 0.1) is 6.20 Å². The predicted molar refractivity (Wildman–Crippen MR) is 73.9 cm³/mol. The van der Waals surface area contributed by atoms with Crippen LogP contribution >= 0.6 is 15.9 Å². The number of aromatic nitrogens is 3. The molecule has 2 aromatic rings. The summed E-state index contributed by atoms with van der Waals surface area (Å²) in [4.78, 5) is -0.360. The molecule has 20 heavy (non-hydrogen) atoms. The zero-order chi connectivity index (χ0) is 14.6. The molecule has 0 unspecified atom stereocenters. The van der Waals surface area contributed by atoms with Gasteiger partial charge in [-0.3, -0.25) is 4.68 Å². The standard InChI is InChI=1S/C11H12BrFN4O2S/c12-9-2-3-11(10(13)8-9)20(18,19)15-4-1-6-17-7-5-14-16-17/h2-3,5,7-8,15H,1,4,6H2. The number of nitrogens with one attached hydrogen (secondary N) is 1. The molecule has 0 atom stereocenters. The monoisotopic (exact) mass is 362 g/mol. The van der Waals surface area contributed by atoms with Gasteiger partial charge in [0.1, 0.15) is 10.7 Å². The maximum absolute atomic E-state index is 13.6. The minimum Gasteiger partial charge on any atom is -0.253 e. The van der Waals surface area contributed by atoms with Crippen LogP contribution in [0.2, 0.25) is 0 Å². The van der Waals surface area contributed by atoms with E-state index >= 15 is 0 Å². The minimum absolute atomic E-state index is 0.192. The number of halogens is 2. The van der Waals surface area contributed by atoms with Gasteiger partial charge in [0, 0.05) is 23.8 Å². The van der Waals surface area contributed by atoms with Crippen molar-refractivity contribution < 1.29 is 12.8 Å². The molecule has 108 valence electrons. The van der Waals surface area contributed by atoms with Gasteiger partial charge >= 0.3 is 0 Å². The molecule has 0 aliphatic carbocycles. The van der Waals surface area contributed by atoms with Crippen molar-refractivity contribution in [3.05, 3.63) is 40.9 Å². The Kier molecular flexibility index (Phi) is 4.84. The van der Waals surface area contributed by atoms with E-state index in [1.165, 1.54) is 12.1 Å². The van der Waals surface area contributed by atoms with Crippen molar-refractivity contribution in [3.8, 4) is 0 Å². The number of benzene rings is 1. The molecular weight excluding hydrogens is 351 g/mol. The van der Waals surface area contributed by atoms with Crippen molar-refractivity contribution in [3.63, 3.8) is 0 Å². The highest BCUT2D eigenvalue weighted by Crippen LogP contribution is 2.19. The molecule has 1 aromatic heterocycles. The number of nitrogens with zero attached hydrogens (tertiary/aromatic N) is 3. The number of hydrogen-bond acceptors (Lipinski definition) is 4. The second kappa shape index (κ2) is 6.42. The number of hydrogen-bond donors (Lipinski definition) is 1. The molecule has 1 N–H and O–H groups in total. The second-order valence-corrected chi connectivity index (χ2v) is 6.64. The molecule has 0 spiro atoms. The fraction of sp³-hybridized carbons (Fsp3) is 0.273. The van der Waals surface area contributed by atoms with Gasteiger partial charge in [-0.2, -0.15) is 0 Å². The lowest BCUT2D eigenvalue weighted by molar-refractivity contribution is 0.535. The average molecular weight is 363 g/mol. The fourth-order valence-electron chi connectivity index (χ4n) is 1.57. The van der Waals surface area contributed by atoms with E-state index in [0.29, 0.717) is 17.4 Å². The van der Waals surface area contributed by atoms with Crippen LogP contribution in [0.3, 0.4) is 0 Å². The molecule has 9 heteroatoms.